The first-order valence-corrected chi connectivity index (χ1v) is 3.38. The normalized spacial score (nSPS) is 11.3. The van der Waals surface area contributed by atoms with Gasteiger partial charge in [-0.05, 0) is 6.07 Å². The van der Waals surface area contributed by atoms with Gasteiger partial charge in [-0.15, -0.1) is 10.2 Å². The number of hydrogen-bond donors (Lipinski definition) is 1. The van der Waals surface area contributed by atoms with Gasteiger partial charge in [0, 0.05) is 13.1 Å². The predicted octanol–water partition coefficient (Wildman–Crippen LogP) is -0.180. The average Bonchev–Trinajstić information content (AvgIpc) is 2.17. The van der Waals surface area contributed by atoms with Crippen LogP contribution < -0.4 is 10.5 Å². The van der Waals surface area contributed by atoms with Gasteiger partial charge in [0.25, 0.3) is 0 Å². The van der Waals surface area contributed by atoms with E-state index in [1.165, 1.54) is 7.11 Å². The van der Waals surface area contributed by atoms with Crippen molar-refractivity contribution in [3.63, 3.8) is 0 Å². The maximum Gasteiger partial charge on any atom is 0.233 e. The summed E-state index contributed by atoms with van der Waals surface area (Å²) in [4.78, 5) is 3.77. The van der Waals surface area contributed by atoms with Gasteiger partial charge in [0.2, 0.25) is 5.88 Å². The number of rotatable bonds is 2. The van der Waals surface area contributed by atoms with Crippen molar-refractivity contribution in [2.45, 2.75) is 0 Å². The lowest BCUT2D eigenvalue weighted by molar-refractivity contribution is 0.392. The molecule has 0 aromatic carbocycles. The van der Waals surface area contributed by atoms with E-state index in [1.54, 1.807) is 19.2 Å². The van der Waals surface area contributed by atoms with Crippen molar-refractivity contribution < 1.29 is 4.74 Å². The fourth-order valence-corrected chi connectivity index (χ4v) is 0.680. The van der Waals surface area contributed by atoms with Crippen molar-refractivity contribution in [3.8, 4) is 5.88 Å². The van der Waals surface area contributed by atoms with Gasteiger partial charge in [-0.1, -0.05) is 0 Å². The summed E-state index contributed by atoms with van der Waals surface area (Å²) in [6.45, 7) is 0. The molecule has 0 amide bonds. The quantitative estimate of drug-likeness (QED) is 0.488. The minimum Gasteiger partial charge on any atom is -0.480 e. The second-order valence-electron chi connectivity index (χ2n) is 2.07. The molecular weight excluding hydrogens is 156 g/mol. The van der Waals surface area contributed by atoms with Crippen molar-refractivity contribution in [1.82, 2.24) is 10.2 Å². The van der Waals surface area contributed by atoms with Gasteiger partial charge in [0.15, 0.2) is 0 Å². The van der Waals surface area contributed by atoms with Gasteiger partial charge >= 0.3 is 0 Å². The third-order valence-corrected chi connectivity index (χ3v) is 1.35. The van der Waals surface area contributed by atoms with Gasteiger partial charge in [-0.2, -0.15) is 0 Å². The Hall–Kier alpha value is -1.65. The van der Waals surface area contributed by atoms with E-state index in [1.807, 2.05) is 0 Å². The lowest BCUT2D eigenvalue weighted by Crippen LogP contribution is -2.15. The molecular formula is C7H10N4O. The monoisotopic (exact) mass is 166 g/mol. The molecule has 0 bridgehead atoms. The number of aliphatic imine (C=N–C) groups is 1. The first-order chi connectivity index (χ1) is 5.77. The molecule has 0 saturated carbocycles. The average molecular weight is 166 g/mol. The summed E-state index contributed by atoms with van der Waals surface area (Å²) >= 11 is 0. The Morgan fingerprint density at radius 2 is 2.25 bits per heavy atom. The van der Waals surface area contributed by atoms with E-state index in [2.05, 4.69) is 15.2 Å². The fourth-order valence-electron chi connectivity index (χ4n) is 0.680. The Balaban J connectivity index is 2.92. The van der Waals surface area contributed by atoms with Crippen LogP contribution in [0.15, 0.2) is 17.1 Å². The van der Waals surface area contributed by atoms with Crippen molar-refractivity contribution in [2.75, 3.05) is 14.2 Å². The van der Waals surface area contributed by atoms with E-state index in [0.717, 1.165) is 0 Å². The van der Waals surface area contributed by atoms with Crippen LogP contribution in [-0.2, 0) is 0 Å². The number of nitrogens with two attached hydrogens (primary N) is 1. The van der Waals surface area contributed by atoms with E-state index in [-0.39, 0.29) is 0 Å². The van der Waals surface area contributed by atoms with Gasteiger partial charge in [-0.3, -0.25) is 4.99 Å². The molecule has 0 atom stereocenters. The first-order valence-electron chi connectivity index (χ1n) is 3.38. The third-order valence-electron chi connectivity index (χ3n) is 1.35. The SMILES string of the molecule is CN=C(N)c1ccc(OC)nn1. The zero-order chi connectivity index (χ0) is 8.97. The summed E-state index contributed by atoms with van der Waals surface area (Å²) in [7, 11) is 3.13. The Morgan fingerprint density at radius 1 is 1.50 bits per heavy atom. The summed E-state index contributed by atoms with van der Waals surface area (Å²) in [6.07, 6.45) is 0. The lowest BCUT2D eigenvalue weighted by Gasteiger charge is -1.98. The molecule has 0 unspecified atom stereocenters. The smallest absolute Gasteiger partial charge is 0.233 e. The number of aromatic nitrogens is 2. The molecule has 1 aromatic rings. The highest BCUT2D eigenvalue weighted by Crippen LogP contribution is 2.02. The second-order valence-corrected chi connectivity index (χ2v) is 2.07. The fraction of sp³-hybridized carbons (Fsp3) is 0.286. The van der Waals surface area contributed by atoms with E-state index >= 15 is 0 Å². The zero-order valence-electron chi connectivity index (χ0n) is 6.98. The summed E-state index contributed by atoms with van der Waals surface area (Å²) < 4.78 is 4.83. The molecule has 0 radical (unpaired) electrons. The Morgan fingerprint density at radius 3 is 2.67 bits per heavy atom. The molecule has 64 valence electrons. The Kier molecular flexibility index (Phi) is 2.57. The molecule has 12 heavy (non-hydrogen) atoms. The second kappa shape index (κ2) is 3.66. The van der Waals surface area contributed by atoms with Crippen LogP contribution in [0.1, 0.15) is 5.69 Å². The van der Waals surface area contributed by atoms with Crippen LogP contribution in [0.5, 0.6) is 5.88 Å². The molecule has 0 aliphatic rings. The van der Waals surface area contributed by atoms with Crippen LogP contribution in [-0.4, -0.2) is 30.2 Å². The maximum atomic E-state index is 5.49. The van der Waals surface area contributed by atoms with Crippen molar-refractivity contribution in [1.29, 1.82) is 0 Å². The van der Waals surface area contributed by atoms with Crippen LogP contribution in [0.4, 0.5) is 0 Å². The maximum absolute atomic E-state index is 5.49. The molecule has 0 aliphatic carbocycles. The van der Waals surface area contributed by atoms with Crippen LogP contribution >= 0.6 is 0 Å². The minimum absolute atomic E-state index is 0.366. The molecule has 0 saturated heterocycles. The number of ether oxygens (including phenoxy) is 1. The van der Waals surface area contributed by atoms with Crippen molar-refractivity contribution in [2.24, 2.45) is 10.7 Å². The lowest BCUT2D eigenvalue weighted by atomic mass is 10.4. The molecule has 0 fully saturated rings. The van der Waals surface area contributed by atoms with Gasteiger partial charge in [0.05, 0.1) is 7.11 Å². The summed E-state index contributed by atoms with van der Waals surface area (Å²) in [5, 5.41) is 7.52. The molecule has 1 heterocycles. The summed E-state index contributed by atoms with van der Waals surface area (Å²) in [6, 6.07) is 3.38. The Labute approximate surface area is 70.3 Å². The van der Waals surface area contributed by atoms with Crippen LogP contribution in [0, 0.1) is 0 Å². The largest absolute Gasteiger partial charge is 0.480 e. The molecule has 0 spiro atoms. The highest BCUT2D eigenvalue weighted by Gasteiger charge is 1.99. The minimum atomic E-state index is 0.366. The van der Waals surface area contributed by atoms with E-state index in [0.29, 0.717) is 17.4 Å². The molecule has 1 aromatic heterocycles. The number of hydrogen-bond acceptors (Lipinski definition) is 4. The van der Waals surface area contributed by atoms with Crippen molar-refractivity contribution >= 4 is 5.84 Å². The molecule has 0 aliphatic heterocycles. The molecule has 5 nitrogen and oxygen atoms in total. The molecule has 1 rings (SSSR count). The highest BCUT2D eigenvalue weighted by atomic mass is 16.5. The van der Waals surface area contributed by atoms with Crippen LogP contribution in [0.3, 0.4) is 0 Å². The number of amidine groups is 1. The summed E-state index contributed by atoms with van der Waals surface area (Å²) in [5.41, 5.74) is 6.05. The Bertz CT molecular complexity index is 280. The van der Waals surface area contributed by atoms with Gasteiger partial charge in [0.1, 0.15) is 11.5 Å². The number of nitrogens with zero attached hydrogens (tertiary/aromatic N) is 3. The van der Waals surface area contributed by atoms with Gasteiger partial charge < -0.3 is 10.5 Å². The standard InChI is InChI=1S/C7H10N4O/c1-9-7(8)5-3-4-6(12-2)11-10-5/h3-4H,1-2H3,(H2,8,9). The van der Waals surface area contributed by atoms with Gasteiger partial charge in [-0.25, -0.2) is 0 Å². The summed E-state index contributed by atoms with van der Waals surface area (Å²) in [5.74, 6) is 0.827. The zero-order valence-corrected chi connectivity index (χ0v) is 6.98. The first kappa shape index (κ1) is 8.45. The van der Waals surface area contributed by atoms with E-state index < -0.39 is 0 Å². The molecule has 2 N–H and O–H groups in total. The molecule has 5 heteroatoms. The third kappa shape index (κ3) is 1.69. The predicted molar refractivity (Wildman–Crippen MR) is 45.2 cm³/mol. The highest BCUT2D eigenvalue weighted by molar-refractivity contribution is 5.95. The number of methoxy groups -OCH3 is 1. The van der Waals surface area contributed by atoms with Crippen LogP contribution in [0.25, 0.3) is 0 Å². The van der Waals surface area contributed by atoms with E-state index in [9.17, 15) is 0 Å². The van der Waals surface area contributed by atoms with E-state index in [4.69, 9.17) is 10.5 Å². The van der Waals surface area contributed by atoms with Crippen LogP contribution in [0.2, 0.25) is 0 Å². The topological polar surface area (TPSA) is 73.4 Å². The van der Waals surface area contributed by atoms with Crippen molar-refractivity contribution in [3.05, 3.63) is 17.8 Å².